The lowest BCUT2D eigenvalue weighted by atomic mass is 10.0. The molecule has 2 aromatic rings. The van der Waals surface area contributed by atoms with Crippen molar-refractivity contribution in [1.82, 2.24) is 0 Å². The maximum absolute atomic E-state index is 12.4. The van der Waals surface area contributed by atoms with Gasteiger partial charge in [-0.3, -0.25) is 0 Å². The van der Waals surface area contributed by atoms with Crippen LogP contribution in [0.5, 0.6) is 5.75 Å². The third-order valence-corrected chi connectivity index (χ3v) is 4.08. The molecule has 0 spiro atoms. The standard InChI is InChI=1S/C15H12F2O5S/c1-23(20,21)13-4-2-3-9(8-13)10-5-11(14(18)19)7-12(6-10)22-15(16)17/h2-8,15H,1H3,(H,18,19). The summed E-state index contributed by atoms with van der Waals surface area (Å²) < 4.78 is 52.1. The van der Waals surface area contributed by atoms with Gasteiger partial charge in [-0.05, 0) is 41.5 Å². The number of halogens is 2. The number of sulfone groups is 1. The fourth-order valence-corrected chi connectivity index (χ4v) is 2.63. The summed E-state index contributed by atoms with van der Waals surface area (Å²) in [5.74, 6) is -1.63. The molecule has 0 atom stereocenters. The second-order valence-corrected chi connectivity index (χ2v) is 6.75. The molecule has 0 unspecified atom stereocenters. The topological polar surface area (TPSA) is 80.7 Å². The Morgan fingerprint density at radius 3 is 2.39 bits per heavy atom. The lowest BCUT2D eigenvalue weighted by Gasteiger charge is -2.10. The first-order valence-corrected chi connectivity index (χ1v) is 8.19. The van der Waals surface area contributed by atoms with Gasteiger partial charge in [0, 0.05) is 6.26 Å². The van der Waals surface area contributed by atoms with E-state index in [-0.39, 0.29) is 21.8 Å². The van der Waals surface area contributed by atoms with Gasteiger partial charge in [-0.15, -0.1) is 0 Å². The number of alkyl halides is 2. The first-order chi connectivity index (χ1) is 10.7. The van der Waals surface area contributed by atoms with Crippen molar-refractivity contribution in [2.75, 3.05) is 6.26 Å². The lowest BCUT2D eigenvalue weighted by Crippen LogP contribution is -2.04. The Bertz CT molecular complexity index is 847. The summed E-state index contributed by atoms with van der Waals surface area (Å²) in [5.41, 5.74) is 0.379. The van der Waals surface area contributed by atoms with Crippen LogP contribution < -0.4 is 4.74 Å². The summed E-state index contributed by atoms with van der Waals surface area (Å²) in [4.78, 5) is 11.1. The largest absolute Gasteiger partial charge is 0.478 e. The molecular weight excluding hydrogens is 330 g/mol. The zero-order valence-corrected chi connectivity index (χ0v) is 12.7. The fourth-order valence-electron chi connectivity index (χ4n) is 1.97. The number of carboxylic acid groups (broad SMARTS) is 1. The van der Waals surface area contributed by atoms with Crippen molar-refractivity contribution >= 4 is 15.8 Å². The number of rotatable bonds is 5. The van der Waals surface area contributed by atoms with E-state index in [1.165, 1.54) is 30.3 Å². The molecule has 122 valence electrons. The maximum atomic E-state index is 12.4. The van der Waals surface area contributed by atoms with Gasteiger partial charge in [0.15, 0.2) is 9.84 Å². The van der Waals surface area contributed by atoms with Crippen molar-refractivity contribution in [3.05, 3.63) is 48.0 Å². The Morgan fingerprint density at radius 2 is 1.83 bits per heavy atom. The van der Waals surface area contributed by atoms with Gasteiger partial charge in [-0.1, -0.05) is 12.1 Å². The monoisotopic (exact) mass is 342 g/mol. The minimum atomic E-state index is -3.46. The molecule has 0 saturated heterocycles. The minimum Gasteiger partial charge on any atom is -0.478 e. The summed E-state index contributed by atoms with van der Waals surface area (Å²) in [6, 6.07) is 9.19. The smallest absolute Gasteiger partial charge is 0.387 e. The van der Waals surface area contributed by atoms with Crippen molar-refractivity contribution in [3.63, 3.8) is 0 Å². The summed E-state index contributed by atoms with van der Waals surface area (Å²) in [7, 11) is -3.46. The van der Waals surface area contributed by atoms with Crippen molar-refractivity contribution in [2.45, 2.75) is 11.5 Å². The number of carboxylic acids is 1. The highest BCUT2D eigenvalue weighted by atomic mass is 32.2. The molecule has 0 bridgehead atoms. The Labute approximate surface area is 131 Å². The minimum absolute atomic E-state index is 0.0343. The molecule has 0 heterocycles. The average molecular weight is 342 g/mol. The average Bonchev–Trinajstić information content (AvgIpc) is 2.45. The third kappa shape index (κ3) is 4.26. The summed E-state index contributed by atoms with van der Waals surface area (Å²) in [6.45, 7) is -3.10. The molecule has 0 radical (unpaired) electrons. The van der Waals surface area contributed by atoms with Crippen LogP contribution in [0.4, 0.5) is 8.78 Å². The Hall–Kier alpha value is -2.48. The van der Waals surface area contributed by atoms with Gasteiger partial charge in [0.25, 0.3) is 0 Å². The maximum Gasteiger partial charge on any atom is 0.387 e. The third-order valence-electron chi connectivity index (χ3n) is 2.97. The molecule has 0 amide bonds. The van der Waals surface area contributed by atoms with E-state index >= 15 is 0 Å². The van der Waals surface area contributed by atoms with Crippen molar-refractivity contribution in [3.8, 4) is 16.9 Å². The predicted octanol–water partition coefficient (Wildman–Crippen LogP) is 3.06. The number of ether oxygens (including phenoxy) is 1. The fraction of sp³-hybridized carbons (Fsp3) is 0.133. The van der Waals surface area contributed by atoms with Crippen LogP contribution in [-0.2, 0) is 9.84 Å². The molecular formula is C15H12F2O5S. The molecule has 0 fully saturated rings. The number of hydrogen-bond acceptors (Lipinski definition) is 4. The van der Waals surface area contributed by atoms with Crippen molar-refractivity contribution < 1.29 is 31.8 Å². The van der Waals surface area contributed by atoms with Gasteiger partial charge in [0.05, 0.1) is 10.5 Å². The molecule has 2 rings (SSSR count). The van der Waals surface area contributed by atoms with E-state index < -0.39 is 22.4 Å². The van der Waals surface area contributed by atoms with Crippen molar-refractivity contribution in [1.29, 1.82) is 0 Å². The van der Waals surface area contributed by atoms with E-state index in [0.717, 1.165) is 12.3 Å². The number of aromatic carboxylic acids is 1. The second kappa shape index (κ2) is 6.33. The molecule has 0 aliphatic rings. The predicted molar refractivity (Wildman–Crippen MR) is 78.6 cm³/mol. The van der Waals surface area contributed by atoms with E-state index in [9.17, 15) is 22.0 Å². The van der Waals surface area contributed by atoms with Crippen LogP contribution in [-0.4, -0.2) is 32.4 Å². The van der Waals surface area contributed by atoms with Crippen LogP contribution in [0.1, 0.15) is 10.4 Å². The van der Waals surface area contributed by atoms with E-state index in [1.54, 1.807) is 6.07 Å². The normalized spacial score (nSPS) is 11.5. The molecule has 2 aromatic carbocycles. The summed E-state index contributed by atoms with van der Waals surface area (Å²) in [6.07, 6.45) is 1.03. The first-order valence-electron chi connectivity index (χ1n) is 6.30. The number of benzene rings is 2. The highest BCUT2D eigenvalue weighted by Gasteiger charge is 2.14. The van der Waals surface area contributed by atoms with Crippen LogP contribution in [0, 0.1) is 0 Å². The van der Waals surface area contributed by atoms with Crippen LogP contribution in [0.15, 0.2) is 47.4 Å². The van der Waals surface area contributed by atoms with Gasteiger partial charge in [0.2, 0.25) is 0 Å². The highest BCUT2D eigenvalue weighted by Crippen LogP contribution is 2.28. The lowest BCUT2D eigenvalue weighted by molar-refractivity contribution is -0.0498. The highest BCUT2D eigenvalue weighted by molar-refractivity contribution is 7.90. The SMILES string of the molecule is CS(=O)(=O)c1cccc(-c2cc(OC(F)F)cc(C(=O)O)c2)c1. The number of carbonyl (C=O) groups is 1. The summed E-state index contributed by atoms with van der Waals surface area (Å²) >= 11 is 0. The molecule has 23 heavy (non-hydrogen) atoms. The van der Waals surface area contributed by atoms with E-state index in [2.05, 4.69) is 4.74 Å². The Morgan fingerprint density at radius 1 is 1.13 bits per heavy atom. The van der Waals surface area contributed by atoms with Crippen LogP contribution in [0.2, 0.25) is 0 Å². The van der Waals surface area contributed by atoms with E-state index in [0.29, 0.717) is 5.56 Å². The zero-order chi connectivity index (χ0) is 17.2. The quantitative estimate of drug-likeness (QED) is 0.903. The van der Waals surface area contributed by atoms with Crippen molar-refractivity contribution in [2.24, 2.45) is 0 Å². The van der Waals surface area contributed by atoms with Gasteiger partial charge < -0.3 is 9.84 Å². The second-order valence-electron chi connectivity index (χ2n) is 4.73. The van der Waals surface area contributed by atoms with Gasteiger partial charge >= 0.3 is 12.6 Å². The van der Waals surface area contributed by atoms with E-state index in [4.69, 9.17) is 5.11 Å². The number of hydrogen-bond donors (Lipinski definition) is 1. The molecule has 0 aromatic heterocycles. The molecule has 1 N–H and O–H groups in total. The molecule has 5 nitrogen and oxygen atoms in total. The van der Waals surface area contributed by atoms with Gasteiger partial charge in [-0.2, -0.15) is 8.78 Å². The van der Waals surface area contributed by atoms with Crippen LogP contribution in [0.3, 0.4) is 0 Å². The molecule has 0 aliphatic carbocycles. The van der Waals surface area contributed by atoms with Crippen LogP contribution in [0.25, 0.3) is 11.1 Å². The Kier molecular flexibility index (Phi) is 4.65. The zero-order valence-electron chi connectivity index (χ0n) is 11.9. The Balaban J connectivity index is 2.58. The van der Waals surface area contributed by atoms with E-state index in [1.807, 2.05) is 0 Å². The molecule has 0 aliphatic heterocycles. The molecule has 0 saturated carbocycles. The first kappa shape index (κ1) is 16.9. The molecule has 8 heteroatoms. The van der Waals surface area contributed by atoms with Crippen LogP contribution >= 0.6 is 0 Å². The van der Waals surface area contributed by atoms with Gasteiger partial charge in [0.1, 0.15) is 5.75 Å². The van der Waals surface area contributed by atoms with Gasteiger partial charge in [-0.25, -0.2) is 13.2 Å². The summed E-state index contributed by atoms with van der Waals surface area (Å²) in [5, 5.41) is 9.06.